The second-order valence-electron chi connectivity index (χ2n) is 2.95. The lowest BCUT2D eigenvalue weighted by Gasteiger charge is -1.98. The van der Waals surface area contributed by atoms with Gasteiger partial charge in [-0.05, 0) is 29.8 Å². The summed E-state index contributed by atoms with van der Waals surface area (Å²) in [7, 11) is 0. The standard InChI is InChI=1S/C11H6Cl2O2/c12-8-3-1-2-7(6-8)10(14)9-4-5-15-11(9)13/h1-6H. The molecule has 0 N–H and O–H groups in total. The molecule has 0 radical (unpaired) electrons. The zero-order valence-electron chi connectivity index (χ0n) is 7.54. The molecule has 0 amide bonds. The summed E-state index contributed by atoms with van der Waals surface area (Å²) in [6.07, 6.45) is 1.38. The lowest BCUT2D eigenvalue weighted by Crippen LogP contribution is -1.99. The monoisotopic (exact) mass is 240 g/mol. The number of ketones is 1. The van der Waals surface area contributed by atoms with Crippen LogP contribution in [0.1, 0.15) is 15.9 Å². The molecule has 76 valence electrons. The van der Waals surface area contributed by atoms with Crippen LogP contribution in [0.3, 0.4) is 0 Å². The van der Waals surface area contributed by atoms with Gasteiger partial charge in [-0.1, -0.05) is 23.7 Å². The molecule has 2 aromatic rings. The van der Waals surface area contributed by atoms with E-state index in [1.807, 2.05) is 0 Å². The molecule has 15 heavy (non-hydrogen) atoms. The summed E-state index contributed by atoms with van der Waals surface area (Å²) >= 11 is 11.5. The van der Waals surface area contributed by atoms with Crippen LogP contribution in [0.25, 0.3) is 0 Å². The van der Waals surface area contributed by atoms with Crippen LogP contribution in [-0.4, -0.2) is 5.78 Å². The van der Waals surface area contributed by atoms with Gasteiger partial charge in [-0.25, -0.2) is 0 Å². The molecule has 4 heteroatoms. The summed E-state index contributed by atoms with van der Waals surface area (Å²) < 4.78 is 4.85. The van der Waals surface area contributed by atoms with E-state index in [0.29, 0.717) is 16.1 Å². The number of carbonyl (C=O) groups is 1. The predicted octanol–water partition coefficient (Wildman–Crippen LogP) is 3.82. The fourth-order valence-corrected chi connectivity index (χ4v) is 1.63. The van der Waals surface area contributed by atoms with Crippen LogP contribution in [0, 0.1) is 0 Å². The van der Waals surface area contributed by atoms with Crippen molar-refractivity contribution in [3.8, 4) is 0 Å². The minimum atomic E-state index is -0.198. The summed E-state index contributed by atoms with van der Waals surface area (Å²) in [6.45, 7) is 0. The number of hydrogen-bond donors (Lipinski definition) is 0. The van der Waals surface area contributed by atoms with Crippen LogP contribution < -0.4 is 0 Å². The Balaban J connectivity index is 2.41. The van der Waals surface area contributed by atoms with Crippen molar-refractivity contribution in [3.63, 3.8) is 0 Å². The minimum Gasteiger partial charge on any atom is -0.452 e. The normalized spacial score (nSPS) is 10.3. The first kappa shape index (κ1) is 10.3. The van der Waals surface area contributed by atoms with Crippen molar-refractivity contribution in [2.45, 2.75) is 0 Å². The Bertz CT molecular complexity index is 503. The van der Waals surface area contributed by atoms with E-state index in [1.54, 1.807) is 24.3 Å². The summed E-state index contributed by atoms with van der Waals surface area (Å²) in [6, 6.07) is 8.22. The molecule has 1 aromatic heterocycles. The molecular formula is C11H6Cl2O2. The van der Waals surface area contributed by atoms with E-state index < -0.39 is 0 Å². The second kappa shape index (κ2) is 4.09. The highest BCUT2D eigenvalue weighted by Gasteiger charge is 2.14. The summed E-state index contributed by atoms with van der Waals surface area (Å²) in [5.74, 6) is -0.198. The highest BCUT2D eigenvalue weighted by Crippen LogP contribution is 2.21. The Morgan fingerprint density at radius 1 is 1.20 bits per heavy atom. The van der Waals surface area contributed by atoms with Crippen LogP contribution in [0.2, 0.25) is 10.2 Å². The lowest BCUT2D eigenvalue weighted by atomic mass is 10.1. The van der Waals surface area contributed by atoms with Crippen LogP contribution in [0.15, 0.2) is 41.0 Å². The van der Waals surface area contributed by atoms with Crippen LogP contribution >= 0.6 is 23.2 Å². The lowest BCUT2D eigenvalue weighted by molar-refractivity contribution is 0.103. The van der Waals surface area contributed by atoms with Crippen molar-refractivity contribution in [1.82, 2.24) is 0 Å². The average molecular weight is 241 g/mol. The van der Waals surface area contributed by atoms with Crippen LogP contribution in [0.4, 0.5) is 0 Å². The van der Waals surface area contributed by atoms with Gasteiger partial charge in [0.05, 0.1) is 11.8 Å². The molecule has 2 nitrogen and oxygen atoms in total. The van der Waals surface area contributed by atoms with E-state index in [4.69, 9.17) is 27.6 Å². The maximum absolute atomic E-state index is 11.9. The first-order chi connectivity index (χ1) is 7.18. The van der Waals surface area contributed by atoms with Crippen LogP contribution in [-0.2, 0) is 0 Å². The number of halogens is 2. The van der Waals surface area contributed by atoms with Crippen LogP contribution in [0.5, 0.6) is 0 Å². The highest BCUT2D eigenvalue weighted by atomic mass is 35.5. The van der Waals surface area contributed by atoms with Gasteiger partial charge in [0.2, 0.25) is 5.22 Å². The minimum absolute atomic E-state index is 0.0972. The van der Waals surface area contributed by atoms with Crippen molar-refractivity contribution < 1.29 is 9.21 Å². The quantitative estimate of drug-likeness (QED) is 0.748. The van der Waals surface area contributed by atoms with E-state index in [2.05, 4.69) is 0 Å². The third-order valence-electron chi connectivity index (χ3n) is 1.95. The van der Waals surface area contributed by atoms with Gasteiger partial charge in [0, 0.05) is 10.6 Å². The number of benzene rings is 1. The van der Waals surface area contributed by atoms with Gasteiger partial charge in [0.15, 0.2) is 5.78 Å². The molecule has 0 fully saturated rings. The van der Waals surface area contributed by atoms with Gasteiger partial charge in [0.25, 0.3) is 0 Å². The molecule has 0 saturated carbocycles. The molecule has 0 spiro atoms. The Morgan fingerprint density at radius 3 is 2.60 bits per heavy atom. The number of furan rings is 1. The number of rotatable bonds is 2. The zero-order valence-corrected chi connectivity index (χ0v) is 9.05. The maximum atomic E-state index is 11.9. The zero-order chi connectivity index (χ0) is 10.8. The third kappa shape index (κ3) is 2.06. The fraction of sp³-hybridized carbons (Fsp3) is 0. The van der Waals surface area contributed by atoms with Gasteiger partial charge in [0.1, 0.15) is 0 Å². The number of hydrogen-bond acceptors (Lipinski definition) is 2. The molecular weight excluding hydrogens is 235 g/mol. The molecule has 0 unspecified atom stereocenters. The molecule has 2 rings (SSSR count). The Labute approximate surface area is 96.4 Å². The van der Waals surface area contributed by atoms with Gasteiger partial charge in [-0.3, -0.25) is 4.79 Å². The largest absolute Gasteiger partial charge is 0.452 e. The molecule has 1 aromatic carbocycles. The summed E-state index contributed by atoms with van der Waals surface area (Å²) in [4.78, 5) is 11.9. The van der Waals surface area contributed by atoms with Gasteiger partial charge < -0.3 is 4.42 Å². The van der Waals surface area contributed by atoms with E-state index in [1.165, 1.54) is 12.3 Å². The Morgan fingerprint density at radius 2 is 2.00 bits per heavy atom. The van der Waals surface area contributed by atoms with Crippen molar-refractivity contribution >= 4 is 29.0 Å². The van der Waals surface area contributed by atoms with Crippen molar-refractivity contribution in [2.24, 2.45) is 0 Å². The van der Waals surface area contributed by atoms with Gasteiger partial charge in [-0.15, -0.1) is 0 Å². The van der Waals surface area contributed by atoms with Gasteiger partial charge in [-0.2, -0.15) is 0 Å². The molecule has 0 saturated heterocycles. The third-order valence-corrected chi connectivity index (χ3v) is 2.48. The summed E-state index contributed by atoms with van der Waals surface area (Å²) in [5, 5.41) is 0.612. The molecule has 1 heterocycles. The van der Waals surface area contributed by atoms with Gasteiger partial charge >= 0.3 is 0 Å². The van der Waals surface area contributed by atoms with E-state index in [9.17, 15) is 4.79 Å². The molecule has 0 aliphatic carbocycles. The van der Waals surface area contributed by atoms with Crippen molar-refractivity contribution in [1.29, 1.82) is 0 Å². The molecule has 0 aliphatic rings. The SMILES string of the molecule is O=C(c1cccc(Cl)c1)c1ccoc1Cl. The van der Waals surface area contributed by atoms with E-state index >= 15 is 0 Å². The number of carbonyl (C=O) groups excluding carboxylic acids is 1. The summed E-state index contributed by atoms with van der Waals surface area (Å²) in [5.41, 5.74) is 0.838. The molecule has 0 atom stereocenters. The topological polar surface area (TPSA) is 30.2 Å². The Kier molecular flexibility index (Phi) is 2.80. The molecule has 0 bridgehead atoms. The smallest absolute Gasteiger partial charge is 0.204 e. The average Bonchev–Trinajstić information content (AvgIpc) is 2.63. The fourth-order valence-electron chi connectivity index (χ4n) is 1.24. The second-order valence-corrected chi connectivity index (χ2v) is 3.73. The maximum Gasteiger partial charge on any atom is 0.204 e. The first-order valence-electron chi connectivity index (χ1n) is 4.22. The predicted molar refractivity (Wildman–Crippen MR) is 58.6 cm³/mol. The van der Waals surface area contributed by atoms with E-state index in [0.717, 1.165) is 0 Å². The van der Waals surface area contributed by atoms with Crippen molar-refractivity contribution in [2.75, 3.05) is 0 Å². The van der Waals surface area contributed by atoms with Crippen molar-refractivity contribution in [3.05, 3.63) is 58.0 Å². The highest BCUT2D eigenvalue weighted by molar-refractivity contribution is 6.34. The Hall–Kier alpha value is -1.25. The van der Waals surface area contributed by atoms with E-state index in [-0.39, 0.29) is 11.0 Å². The molecule has 0 aliphatic heterocycles. The first-order valence-corrected chi connectivity index (χ1v) is 4.97.